The maximum Gasteiger partial charge on any atom is 0.125 e. The number of ether oxygens (including phenoxy) is 2. The van der Waals surface area contributed by atoms with Gasteiger partial charge in [-0.3, -0.25) is 0 Å². The van der Waals surface area contributed by atoms with Gasteiger partial charge in [0.2, 0.25) is 0 Å². The minimum atomic E-state index is 0.497. The zero-order valence-corrected chi connectivity index (χ0v) is 10.6. The molecule has 0 bridgehead atoms. The smallest absolute Gasteiger partial charge is 0.125 e. The monoisotopic (exact) mass is 243 g/mol. The third-order valence-corrected chi connectivity index (χ3v) is 2.74. The normalized spacial score (nSPS) is 10.1. The van der Waals surface area contributed by atoms with Crippen LogP contribution in [0.2, 0.25) is 0 Å². The summed E-state index contributed by atoms with van der Waals surface area (Å²) in [5.74, 6) is 1.62. The van der Waals surface area contributed by atoms with E-state index >= 15 is 0 Å². The SMILES string of the molecule is COc1cc(OCc2cccc(N)c2)ccc1C. The average Bonchev–Trinajstić information content (AvgIpc) is 2.38. The van der Waals surface area contributed by atoms with Crippen LogP contribution in [-0.4, -0.2) is 7.11 Å². The van der Waals surface area contributed by atoms with Crippen molar-refractivity contribution in [2.24, 2.45) is 0 Å². The van der Waals surface area contributed by atoms with Crippen LogP contribution in [-0.2, 0) is 6.61 Å². The highest BCUT2D eigenvalue weighted by atomic mass is 16.5. The summed E-state index contributed by atoms with van der Waals surface area (Å²) in [6.07, 6.45) is 0. The lowest BCUT2D eigenvalue weighted by Gasteiger charge is -2.10. The van der Waals surface area contributed by atoms with Crippen LogP contribution in [0.4, 0.5) is 5.69 Å². The quantitative estimate of drug-likeness (QED) is 0.839. The minimum Gasteiger partial charge on any atom is -0.496 e. The Balaban J connectivity index is 2.06. The lowest BCUT2D eigenvalue weighted by Crippen LogP contribution is -1.97. The van der Waals surface area contributed by atoms with Gasteiger partial charge in [0.15, 0.2) is 0 Å². The molecule has 0 radical (unpaired) electrons. The van der Waals surface area contributed by atoms with E-state index in [0.29, 0.717) is 6.61 Å². The molecule has 0 aliphatic rings. The molecule has 0 heterocycles. The first-order valence-corrected chi connectivity index (χ1v) is 5.81. The molecule has 0 atom stereocenters. The fourth-order valence-electron chi connectivity index (χ4n) is 1.74. The van der Waals surface area contributed by atoms with Crippen molar-refractivity contribution in [3.8, 4) is 11.5 Å². The Labute approximate surface area is 107 Å². The van der Waals surface area contributed by atoms with E-state index in [1.54, 1.807) is 7.11 Å². The fraction of sp³-hybridized carbons (Fsp3) is 0.200. The molecule has 18 heavy (non-hydrogen) atoms. The molecule has 0 saturated carbocycles. The van der Waals surface area contributed by atoms with Crippen molar-refractivity contribution < 1.29 is 9.47 Å². The summed E-state index contributed by atoms with van der Waals surface area (Å²) in [5.41, 5.74) is 8.61. The van der Waals surface area contributed by atoms with Crippen LogP contribution < -0.4 is 15.2 Å². The van der Waals surface area contributed by atoms with Crippen molar-refractivity contribution in [2.45, 2.75) is 13.5 Å². The number of hydrogen-bond acceptors (Lipinski definition) is 3. The first-order valence-electron chi connectivity index (χ1n) is 5.81. The summed E-state index contributed by atoms with van der Waals surface area (Å²) in [5, 5.41) is 0. The number of nitrogens with two attached hydrogens (primary N) is 1. The largest absolute Gasteiger partial charge is 0.496 e. The number of aryl methyl sites for hydroxylation is 1. The van der Waals surface area contributed by atoms with Gasteiger partial charge in [0.25, 0.3) is 0 Å². The Hall–Kier alpha value is -2.16. The van der Waals surface area contributed by atoms with Gasteiger partial charge in [-0.25, -0.2) is 0 Å². The number of anilines is 1. The molecule has 0 fully saturated rings. The Morgan fingerprint density at radius 1 is 1.11 bits per heavy atom. The van der Waals surface area contributed by atoms with E-state index in [0.717, 1.165) is 28.3 Å². The summed E-state index contributed by atoms with van der Waals surface area (Å²) < 4.78 is 11.0. The average molecular weight is 243 g/mol. The van der Waals surface area contributed by atoms with Crippen LogP contribution in [0.15, 0.2) is 42.5 Å². The standard InChI is InChI=1S/C15H17NO2/c1-11-6-7-14(9-15(11)17-2)18-10-12-4-3-5-13(16)8-12/h3-9H,10,16H2,1-2H3. The van der Waals surface area contributed by atoms with Gasteiger partial charge < -0.3 is 15.2 Å². The van der Waals surface area contributed by atoms with Crippen molar-refractivity contribution in [3.63, 3.8) is 0 Å². The van der Waals surface area contributed by atoms with Gasteiger partial charge in [0.05, 0.1) is 7.11 Å². The highest BCUT2D eigenvalue weighted by molar-refractivity contribution is 5.41. The number of methoxy groups -OCH3 is 1. The van der Waals surface area contributed by atoms with E-state index in [4.69, 9.17) is 15.2 Å². The Morgan fingerprint density at radius 3 is 2.67 bits per heavy atom. The summed E-state index contributed by atoms with van der Waals surface area (Å²) >= 11 is 0. The van der Waals surface area contributed by atoms with Gasteiger partial charge in [0, 0.05) is 11.8 Å². The molecule has 2 N–H and O–H groups in total. The van der Waals surface area contributed by atoms with Crippen molar-refractivity contribution in [3.05, 3.63) is 53.6 Å². The van der Waals surface area contributed by atoms with Crippen LogP contribution in [0.5, 0.6) is 11.5 Å². The van der Waals surface area contributed by atoms with Crippen molar-refractivity contribution >= 4 is 5.69 Å². The zero-order valence-electron chi connectivity index (χ0n) is 10.6. The van der Waals surface area contributed by atoms with Crippen LogP contribution in [0, 0.1) is 6.92 Å². The van der Waals surface area contributed by atoms with Crippen molar-refractivity contribution in [2.75, 3.05) is 12.8 Å². The Morgan fingerprint density at radius 2 is 1.94 bits per heavy atom. The number of hydrogen-bond donors (Lipinski definition) is 1. The Kier molecular flexibility index (Phi) is 3.72. The molecule has 0 amide bonds. The van der Waals surface area contributed by atoms with Gasteiger partial charge in [-0.2, -0.15) is 0 Å². The van der Waals surface area contributed by atoms with E-state index < -0.39 is 0 Å². The lowest BCUT2D eigenvalue weighted by atomic mass is 10.2. The molecule has 3 nitrogen and oxygen atoms in total. The zero-order chi connectivity index (χ0) is 13.0. The summed E-state index contributed by atoms with van der Waals surface area (Å²) in [7, 11) is 1.66. The molecule has 3 heteroatoms. The molecule has 0 aromatic heterocycles. The van der Waals surface area contributed by atoms with E-state index in [1.165, 1.54) is 0 Å². The van der Waals surface area contributed by atoms with Gasteiger partial charge in [0.1, 0.15) is 18.1 Å². The molecule has 0 unspecified atom stereocenters. The number of nitrogen functional groups attached to an aromatic ring is 1. The molecule has 2 rings (SSSR count). The van der Waals surface area contributed by atoms with Crippen LogP contribution >= 0.6 is 0 Å². The second-order valence-electron chi connectivity index (χ2n) is 4.17. The molecular formula is C15H17NO2. The first kappa shape index (κ1) is 12.3. The number of benzene rings is 2. The van der Waals surface area contributed by atoms with Crippen molar-refractivity contribution in [1.29, 1.82) is 0 Å². The van der Waals surface area contributed by atoms with Crippen LogP contribution in [0.25, 0.3) is 0 Å². The molecule has 0 saturated heterocycles. The summed E-state index contributed by atoms with van der Waals surface area (Å²) in [4.78, 5) is 0. The summed E-state index contributed by atoms with van der Waals surface area (Å²) in [6, 6.07) is 13.5. The highest BCUT2D eigenvalue weighted by Gasteiger charge is 2.01. The van der Waals surface area contributed by atoms with E-state index in [9.17, 15) is 0 Å². The molecule has 0 aliphatic carbocycles. The van der Waals surface area contributed by atoms with Gasteiger partial charge in [-0.15, -0.1) is 0 Å². The molecule has 2 aromatic carbocycles. The highest BCUT2D eigenvalue weighted by Crippen LogP contribution is 2.24. The van der Waals surface area contributed by atoms with E-state index in [-0.39, 0.29) is 0 Å². The third kappa shape index (κ3) is 2.94. The minimum absolute atomic E-state index is 0.497. The van der Waals surface area contributed by atoms with Gasteiger partial charge >= 0.3 is 0 Å². The van der Waals surface area contributed by atoms with Crippen LogP contribution in [0.1, 0.15) is 11.1 Å². The van der Waals surface area contributed by atoms with Gasteiger partial charge in [-0.05, 0) is 36.2 Å². The van der Waals surface area contributed by atoms with E-state index in [2.05, 4.69) is 0 Å². The predicted molar refractivity (Wildman–Crippen MR) is 72.9 cm³/mol. The van der Waals surface area contributed by atoms with E-state index in [1.807, 2.05) is 49.4 Å². The maximum atomic E-state index is 5.72. The number of rotatable bonds is 4. The molecule has 94 valence electrons. The second kappa shape index (κ2) is 5.45. The lowest BCUT2D eigenvalue weighted by molar-refractivity contribution is 0.303. The fourth-order valence-corrected chi connectivity index (χ4v) is 1.74. The topological polar surface area (TPSA) is 44.5 Å². The maximum absolute atomic E-state index is 5.72. The molecule has 0 spiro atoms. The van der Waals surface area contributed by atoms with Gasteiger partial charge in [-0.1, -0.05) is 18.2 Å². The molecule has 0 aliphatic heterocycles. The third-order valence-electron chi connectivity index (χ3n) is 2.74. The van der Waals surface area contributed by atoms with Crippen molar-refractivity contribution in [1.82, 2.24) is 0 Å². The molecular weight excluding hydrogens is 226 g/mol. The summed E-state index contributed by atoms with van der Waals surface area (Å²) in [6.45, 7) is 2.50. The van der Waals surface area contributed by atoms with Crippen LogP contribution in [0.3, 0.4) is 0 Å². The first-order chi connectivity index (χ1) is 8.69. The Bertz CT molecular complexity index is 538. The predicted octanol–water partition coefficient (Wildman–Crippen LogP) is 3.16. The second-order valence-corrected chi connectivity index (χ2v) is 4.17. The molecule has 2 aromatic rings.